The number of ether oxygens (including phenoxy) is 1. The van der Waals surface area contributed by atoms with Gasteiger partial charge in [0.15, 0.2) is 5.78 Å². The second kappa shape index (κ2) is 10.7. The van der Waals surface area contributed by atoms with Crippen LogP contribution in [-0.4, -0.2) is 10.8 Å². The zero-order valence-corrected chi connectivity index (χ0v) is 18.2. The second-order valence-corrected chi connectivity index (χ2v) is 8.15. The normalized spacial score (nSPS) is 12.0. The molecule has 3 nitrogen and oxygen atoms in total. The summed E-state index contributed by atoms with van der Waals surface area (Å²) in [5, 5.41) is 0. The molecule has 0 saturated heterocycles. The predicted molar refractivity (Wildman–Crippen MR) is 122 cm³/mol. The largest absolute Gasteiger partial charge is 0.485 e. The average Bonchev–Trinajstić information content (AvgIpc) is 2.75. The average molecular weight is 402 g/mol. The van der Waals surface area contributed by atoms with Gasteiger partial charge in [0.2, 0.25) is 0 Å². The Morgan fingerprint density at radius 2 is 1.70 bits per heavy atom. The number of pyridine rings is 1. The van der Waals surface area contributed by atoms with Crippen LogP contribution < -0.4 is 4.74 Å². The van der Waals surface area contributed by atoms with Gasteiger partial charge in [0.05, 0.1) is 12.0 Å². The van der Waals surface area contributed by atoms with Gasteiger partial charge in [-0.2, -0.15) is 0 Å². The van der Waals surface area contributed by atoms with Gasteiger partial charge in [-0.15, -0.1) is 0 Å². The zero-order valence-electron chi connectivity index (χ0n) is 18.2. The Balaban J connectivity index is 1.79. The summed E-state index contributed by atoms with van der Waals surface area (Å²) in [4.78, 5) is 17.2. The van der Waals surface area contributed by atoms with Gasteiger partial charge in [-0.1, -0.05) is 69.7 Å². The van der Waals surface area contributed by atoms with Crippen molar-refractivity contribution in [3.8, 4) is 5.75 Å². The highest BCUT2D eigenvalue weighted by Crippen LogP contribution is 2.29. The van der Waals surface area contributed by atoms with Crippen molar-refractivity contribution in [1.82, 2.24) is 4.98 Å². The first-order valence-corrected chi connectivity index (χ1v) is 10.8. The number of nitrogens with zero attached hydrogens (tertiary/aromatic N) is 1. The van der Waals surface area contributed by atoms with Gasteiger partial charge in [0, 0.05) is 11.9 Å². The van der Waals surface area contributed by atoms with Crippen LogP contribution in [0.3, 0.4) is 0 Å². The number of aromatic nitrogens is 1. The van der Waals surface area contributed by atoms with Crippen molar-refractivity contribution in [3.63, 3.8) is 0 Å². The lowest BCUT2D eigenvalue weighted by Gasteiger charge is -2.21. The van der Waals surface area contributed by atoms with Crippen LogP contribution in [-0.2, 0) is 12.8 Å². The summed E-state index contributed by atoms with van der Waals surface area (Å²) < 4.78 is 6.41. The minimum Gasteiger partial charge on any atom is -0.485 e. The molecule has 3 heteroatoms. The van der Waals surface area contributed by atoms with Gasteiger partial charge in [-0.05, 0) is 54.2 Å². The Morgan fingerprint density at radius 3 is 2.37 bits per heavy atom. The fourth-order valence-electron chi connectivity index (χ4n) is 3.61. The van der Waals surface area contributed by atoms with Crippen molar-refractivity contribution in [2.45, 2.75) is 52.6 Å². The number of para-hydroxylation sites is 1. The number of carbonyl (C=O) groups excluding carboxylic acids is 1. The molecule has 2 aromatic carbocycles. The number of ketones is 1. The van der Waals surface area contributed by atoms with Gasteiger partial charge >= 0.3 is 0 Å². The van der Waals surface area contributed by atoms with Crippen molar-refractivity contribution >= 4 is 5.78 Å². The van der Waals surface area contributed by atoms with Crippen LogP contribution in [0.25, 0.3) is 0 Å². The first-order chi connectivity index (χ1) is 14.6. The Morgan fingerprint density at radius 1 is 0.967 bits per heavy atom. The van der Waals surface area contributed by atoms with E-state index in [2.05, 4.69) is 50.0 Å². The topological polar surface area (TPSA) is 39.2 Å². The Kier molecular flexibility index (Phi) is 7.78. The lowest BCUT2D eigenvalue weighted by Crippen LogP contribution is -2.12. The summed E-state index contributed by atoms with van der Waals surface area (Å²) in [7, 11) is 0. The van der Waals surface area contributed by atoms with E-state index in [0.29, 0.717) is 17.2 Å². The number of benzene rings is 2. The maximum atomic E-state index is 12.9. The molecule has 156 valence electrons. The van der Waals surface area contributed by atoms with Crippen molar-refractivity contribution in [1.29, 1.82) is 0 Å². The third-order valence-electron chi connectivity index (χ3n) is 5.07. The molecule has 0 amide bonds. The molecule has 0 radical (unpaired) electrons. The molecule has 1 heterocycles. The number of Topliss-reactive ketones (excluding diaryl/α,β-unsaturated/α-hetero) is 1. The molecule has 0 N–H and O–H groups in total. The Labute approximate surface area is 180 Å². The molecule has 0 aliphatic rings. The lowest BCUT2D eigenvalue weighted by molar-refractivity contribution is 0.0983. The third-order valence-corrected chi connectivity index (χ3v) is 5.07. The van der Waals surface area contributed by atoms with Gasteiger partial charge in [-0.25, -0.2) is 0 Å². The van der Waals surface area contributed by atoms with Crippen molar-refractivity contribution < 1.29 is 9.53 Å². The maximum absolute atomic E-state index is 12.9. The van der Waals surface area contributed by atoms with Crippen LogP contribution in [0.2, 0.25) is 0 Å². The van der Waals surface area contributed by atoms with E-state index in [9.17, 15) is 4.79 Å². The molecule has 1 aromatic heterocycles. The van der Waals surface area contributed by atoms with Gasteiger partial charge < -0.3 is 4.74 Å². The number of carbonyl (C=O) groups is 1. The molecule has 0 saturated carbocycles. The SMILES string of the molecule is CCC[C@H](Oc1ccccc1C(=O)Cc1ccccn1)c1ccc(CC(C)C)cc1. The van der Waals surface area contributed by atoms with E-state index >= 15 is 0 Å². The highest BCUT2D eigenvalue weighted by atomic mass is 16.5. The highest BCUT2D eigenvalue weighted by Gasteiger charge is 2.18. The van der Waals surface area contributed by atoms with Crippen LogP contribution in [0.5, 0.6) is 5.75 Å². The van der Waals surface area contributed by atoms with E-state index in [0.717, 1.165) is 30.5 Å². The summed E-state index contributed by atoms with van der Waals surface area (Å²) in [6.45, 7) is 6.62. The fraction of sp³-hybridized carbons (Fsp3) is 0.333. The smallest absolute Gasteiger partial charge is 0.172 e. The molecule has 0 aliphatic carbocycles. The summed E-state index contributed by atoms with van der Waals surface area (Å²) in [5.74, 6) is 1.30. The lowest BCUT2D eigenvalue weighted by atomic mass is 9.98. The minimum atomic E-state index is -0.0769. The molecular formula is C27H31NO2. The highest BCUT2D eigenvalue weighted by molar-refractivity contribution is 5.99. The van der Waals surface area contributed by atoms with E-state index in [1.807, 2.05) is 42.5 Å². The molecule has 3 rings (SSSR count). The molecule has 0 aliphatic heterocycles. The van der Waals surface area contributed by atoms with Gasteiger partial charge in [-0.3, -0.25) is 9.78 Å². The molecular weight excluding hydrogens is 370 g/mol. The third kappa shape index (κ3) is 6.03. The second-order valence-electron chi connectivity index (χ2n) is 8.15. The predicted octanol–water partition coefficient (Wildman–Crippen LogP) is 6.63. The molecule has 0 unspecified atom stereocenters. The van der Waals surface area contributed by atoms with E-state index in [-0.39, 0.29) is 18.3 Å². The molecule has 30 heavy (non-hydrogen) atoms. The first-order valence-electron chi connectivity index (χ1n) is 10.8. The summed E-state index contributed by atoms with van der Waals surface area (Å²) in [6, 6.07) is 21.9. The summed E-state index contributed by atoms with van der Waals surface area (Å²) in [6.07, 6.45) is 4.88. The van der Waals surface area contributed by atoms with E-state index in [1.54, 1.807) is 6.20 Å². The summed E-state index contributed by atoms with van der Waals surface area (Å²) in [5.41, 5.74) is 3.87. The van der Waals surface area contributed by atoms with Crippen molar-refractivity contribution in [3.05, 3.63) is 95.3 Å². The molecule has 1 atom stereocenters. The Hall–Kier alpha value is -2.94. The standard InChI is InChI=1S/C27H31NO2/c1-4-9-26(22-15-13-21(14-16-22)18-20(2)3)30-27-12-6-5-11-24(27)25(29)19-23-10-7-8-17-28-23/h5-8,10-17,20,26H,4,9,18-19H2,1-3H3/t26-/m0/s1. The molecule has 3 aromatic rings. The number of hydrogen-bond acceptors (Lipinski definition) is 3. The van der Waals surface area contributed by atoms with Crippen LogP contribution in [0.1, 0.15) is 66.9 Å². The van der Waals surface area contributed by atoms with Gasteiger partial charge in [0.25, 0.3) is 0 Å². The molecule has 0 bridgehead atoms. The number of rotatable bonds is 10. The monoisotopic (exact) mass is 401 g/mol. The van der Waals surface area contributed by atoms with Crippen LogP contribution in [0.4, 0.5) is 0 Å². The van der Waals surface area contributed by atoms with E-state index in [4.69, 9.17) is 4.74 Å². The van der Waals surface area contributed by atoms with E-state index < -0.39 is 0 Å². The number of hydrogen-bond donors (Lipinski definition) is 0. The van der Waals surface area contributed by atoms with E-state index in [1.165, 1.54) is 5.56 Å². The molecule has 0 fully saturated rings. The summed E-state index contributed by atoms with van der Waals surface area (Å²) >= 11 is 0. The van der Waals surface area contributed by atoms with Crippen LogP contribution >= 0.6 is 0 Å². The maximum Gasteiger partial charge on any atom is 0.172 e. The van der Waals surface area contributed by atoms with Crippen LogP contribution in [0, 0.1) is 5.92 Å². The molecule has 0 spiro atoms. The van der Waals surface area contributed by atoms with Crippen molar-refractivity contribution in [2.75, 3.05) is 0 Å². The fourth-order valence-corrected chi connectivity index (χ4v) is 3.61. The van der Waals surface area contributed by atoms with Gasteiger partial charge in [0.1, 0.15) is 11.9 Å². The minimum absolute atomic E-state index is 0.0202. The van der Waals surface area contributed by atoms with Crippen molar-refractivity contribution in [2.24, 2.45) is 5.92 Å². The van der Waals surface area contributed by atoms with Crippen LogP contribution in [0.15, 0.2) is 72.9 Å². The first kappa shape index (κ1) is 21.8. The Bertz CT molecular complexity index is 933. The quantitative estimate of drug-likeness (QED) is 0.358. The zero-order chi connectivity index (χ0) is 21.3.